The minimum absolute atomic E-state index is 0.341. The molecule has 0 spiro atoms. The van der Waals surface area contributed by atoms with Crippen LogP contribution in [0.5, 0.6) is 11.5 Å². The van der Waals surface area contributed by atoms with E-state index in [9.17, 15) is 0 Å². The van der Waals surface area contributed by atoms with Crippen LogP contribution in [0.25, 0.3) is 0 Å². The van der Waals surface area contributed by atoms with Gasteiger partial charge in [0.25, 0.3) is 0 Å². The molecule has 1 aromatic carbocycles. The minimum Gasteiger partial charge on any atom is -0.497 e. The zero-order chi connectivity index (χ0) is 13.2. The van der Waals surface area contributed by atoms with Gasteiger partial charge in [-0.3, -0.25) is 0 Å². The molecule has 0 aromatic heterocycles. The van der Waals surface area contributed by atoms with Crippen molar-refractivity contribution in [2.24, 2.45) is 5.41 Å². The van der Waals surface area contributed by atoms with E-state index >= 15 is 0 Å². The monoisotopic (exact) mass is 249 g/mol. The average Bonchev–Trinajstić information content (AvgIpc) is 2.36. The summed E-state index contributed by atoms with van der Waals surface area (Å²) in [7, 11) is 3.40. The Morgan fingerprint density at radius 2 is 2.00 bits per heavy atom. The molecule has 0 amide bonds. The zero-order valence-corrected chi connectivity index (χ0v) is 11.7. The maximum Gasteiger partial charge on any atom is 0.126 e. The van der Waals surface area contributed by atoms with Crippen molar-refractivity contribution < 1.29 is 9.47 Å². The van der Waals surface area contributed by atoms with Crippen molar-refractivity contribution in [1.82, 2.24) is 5.32 Å². The predicted octanol–water partition coefficient (Wildman–Crippen LogP) is 2.81. The molecule has 18 heavy (non-hydrogen) atoms. The van der Waals surface area contributed by atoms with Crippen LogP contribution in [0.4, 0.5) is 0 Å². The summed E-state index contributed by atoms with van der Waals surface area (Å²) in [6.07, 6.45) is 1.18. The molecule has 3 nitrogen and oxygen atoms in total. The van der Waals surface area contributed by atoms with Crippen molar-refractivity contribution >= 4 is 0 Å². The van der Waals surface area contributed by atoms with Crippen LogP contribution in [0.2, 0.25) is 0 Å². The van der Waals surface area contributed by atoms with E-state index in [0.29, 0.717) is 11.3 Å². The lowest BCUT2D eigenvalue weighted by molar-refractivity contribution is 0.237. The number of nitrogens with one attached hydrogen (secondary N) is 1. The average molecular weight is 249 g/mol. The van der Waals surface area contributed by atoms with Crippen LogP contribution in [0.1, 0.15) is 31.7 Å². The number of ether oxygens (including phenoxy) is 2. The molecule has 0 radical (unpaired) electrons. The molecule has 1 N–H and O–H groups in total. The quantitative estimate of drug-likeness (QED) is 0.893. The predicted molar refractivity (Wildman–Crippen MR) is 73.6 cm³/mol. The van der Waals surface area contributed by atoms with Gasteiger partial charge in [0.15, 0.2) is 0 Å². The zero-order valence-electron chi connectivity index (χ0n) is 11.7. The summed E-state index contributed by atoms with van der Waals surface area (Å²) in [5.74, 6) is 2.28. The Balaban J connectivity index is 2.27. The van der Waals surface area contributed by atoms with E-state index in [2.05, 4.69) is 25.2 Å². The summed E-state index contributed by atoms with van der Waals surface area (Å²) >= 11 is 0. The number of methoxy groups -OCH3 is 2. The summed E-state index contributed by atoms with van der Waals surface area (Å²) < 4.78 is 10.7. The minimum atomic E-state index is 0.341. The van der Waals surface area contributed by atoms with Gasteiger partial charge >= 0.3 is 0 Å². The first-order valence-corrected chi connectivity index (χ1v) is 6.48. The van der Waals surface area contributed by atoms with Gasteiger partial charge in [0, 0.05) is 25.1 Å². The van der Waals surface area contributed by atoms with Crippen molar-refractivity contribution in [3.8, 4) is 11.5 Å². The Morgan fingerprint density at radius 3 is 2.61 bits per heavy atom. The van der Waals surface area contributed by atoms with E-state index < -0.39 is 0 Å². The maximum atomic E-state index is 5.50. The lowest BCUT2D eigenvalue weighted by atomic mass is 9.77. The van der Waals surface area contributed by atoms with Crippen LogP contribution in [0, 0.1) is 5.41 Å². The molecular weight excluding hydrogens is 226 g/mol. The second kappa shape index (κ2) is 5.19. The van der Waals surface area contributed by atoms with Crippen molar-refractivity contribution in [3.63, 3.8) is 0 Å². The highest BCUT2D eigenvalue weighted by molar-refractivity contribution is 5.43. The van der Waals surface area contributed by atoms with Gasteiger partial charge < -0.3 is 14.8 Å². The van der Waals surface area contributed by atoms with Gasteiger partial charge in [-0.15, -0.1) is 0 Å². The van der Waals surface area contributed by atoms with E-state index in [1.54, 1.807) is 14.2 Å². The highest BCUT2D eigenvalue weighted by Crippen LogP contribution is 2.39. The summed E-state index contributed by atoms with van der Waals surface area (Å²) in [6, 6.07) is 6.11. The fourth-order valence-electron chi connectivity index (χ4n) is 2.77. The lowest BCUT2D eigenvalue weighted by Gasteiger charge is -2.36. The summed E-state index contributed by atoms with van der Waals surface area (Å²) in [5.41, 5.74) is 1.62. The molecule has 1 aromatic rings. The first-order chi connectivity index (χ1) is 8.55. The van der Waals surface area contributed by atoms with E-state index in [-0.39, 0.29) is 0 Å². The van der Waals surface area contributed by atoms with Gasteiger partial charge in [0.2, 0.25) is 0 Å². The third kappa shape index (κ3) is 2.78. The van der Waals surface area contributed by atoms with Gasteiger partial charge in [0.1, 0.15) is 11.5 Å². The number of rotatable bonds is 3. The number of hydrogen-bond acceptors (Lipinski definition) is 3. The third-order valence-electron chi connectivity index (χ3n) is 3.67. The molecule has 0 bridgehead atoms. The Hall–Kier alpha value is -1.22. The van der Waals surface area contributed by atoms with Gasteiger partial charge in [0.05, 0.1) is 14.2 Å². The second-order valence-electron chi connectivity index (χ2n) is 5.80. The molecule has 100 valence electrons. The van der Waals surface area contributed by atoms with Crippen LogP contribution in [-0.2, 0) is 0 Å². The molecule has 2 rings (SSSR count). The van der Waals surface area contributed by atoms with Gasteiger partial charge in [-0.25, -0.2) is 0 Å². The highest BCUT2D eigenvalue weighted by atomic mass is 16.5. The van der Waals surface area contributed by atoms with E-state index in [1.807, 2.05) is 12.1 Å². The Bertz CT molecular complexity index is 415. The van der Waals surface area contributed by atoms with Crippen LogP contribution in [-0.4, -0.2) is 27.3 Å². The van der Waals surface area contributed by atoms with Crippen LogP contribution >= 0.6 is 0 Å². The Labute approximate surface area is 109 Å². The molecule has 3 heteroatoms. The number of piperidine rings is 1. The molecule has 1 aliphatic rings. The Kier molecular flexibility index (Phi) is 3.81. The molecule has 1 saturated heterocycles. The van der Waals surface area contributed by atoms with Crippen molar-refractivity contribution in [2.75, 3.05) is 27.3 Å². The molecular formula is C15H23NO2. The summed E-state index contributed by atoms with van der Waals surface area (Å²) in [4.78, 5) is 0. The van der Waals surface area contributed by atoms with Gasteiger partial charge in [-0.05, 0) is 23.5 Å². The van der Waals surface area contributed by atoms with E-state index in [4.69, 9.17) is 9.47 Å². The topological polar surface area (TPSA) is 30.5 Å². The van der Waals surface area contributed by atoms with Crippen LogP contribution in [0.15, 0.2) is 18.2 Å². The van der Waals surface area contributed by atoms with E-state index in [1.165, 1.54) is 12.0 Å². The molecule has 1 fully saturated rings. The largest absolute Gasteiger partial charge is 0.497 e. The smallest absolute Gasteiger partial charge is 0.126 e. The van der Waals surface area contributed by atoms with Crippen molar-refractivity contribution in [1.29, 1.82) is 0 Å². The van der Waals surface area contributed by atoms with Crippen molar-refractivity contribution in [3.05, 3.63) is 23.8 Å². The fourth-order valence-corrected chi connectivity index (χ4v) is 2.77. The third-order valence-corrected chi connectivity index (χ3v) is 3.67. The van der Waals surface area contributed by atoms with E-state index in [0.717, 1.165) is 24.6 Å². The molecule has 1 aliphatic heterocycles. The fraction of sp³-hybridized carbons (Fsp3) is 0.600. The molecule has 1 atom stereocenters. The molecule has 1 unspecified atom stereocenters. The first-order valence-electron chi connectivity index (χ1n) is 6.48. The SMILES string of the molecule is COc1ccc(C2CNCC(C)(C)C2)c(OC)c1. The maximum absolute atomic E-state index is 5.50. The lowest BCUT2D eigenvalue weighted by Crippen LogP contribution is -2.40. The standard InChI is InChI=1S/C15H23NO2/c1-15(2)8-11(9-16-10-15)13-6-5-12(17-3)7-14(13)18-4/h5-7,11,16H,8-10H2,1-4H3. The summed E-state index contributed by atoms with van der Waals surface area (Å²) in [5, 5.41) is 3.52. The summed E-state index contributed by atoms with van der Waals surface area (Å²) in [6.45, 7) is 6.72. The first kappa shape index (κ1) is 13.2. The number of benzene rings is 1. The van der Waals surface area contributed by atoms with Crippen LogP contribution < -0.4 is 14.8 Å². The van der Waals surface area contributed by atoms with Gasteiger partial charge in [-0.2, -0.15) is 0 Å². The Morgan fingerprint density at radius 1 is 1.22 bits per heavy atom. The highest BCUT2D eigenvalue weighted by Gasteiger charge is 2.30. The van der Waals surface area contributed by atoms with Crippen molar-refractivity contribution in [2.45, 2.75) is 26.2 Å². The molecule has 1 heterocycles. The van der Waals surface area contributed by atoms with Gasteiger partial charge in [-0.1, -0.05) is 19.9 Å². The number of hydrogen-bond donors (Lipinski definition) is 1. The molecule has 0 saturated carbocycles. The normalized spacial score (nSPS) is 22.6. The second-order valence-corrected chi connectivity index (χ2v) is 5.80. The molecule has 0 aliphatic carbocycles. The van der Waals surface area contributed by atoms with Crippen LogP contribution in [0.3, 0.4) is 0 Å².